The Balaban J connectivity index is 1.61. The second-order valence-corrected chi connectivity index (χ2v) is 6.43. The summed E-state index contributed by atoms with van der Waals surface area (Å²) in [5.41, 5.74) is 1.65. The number of hydrogen-bond acceptors (Lipinski definition) is 7. The molecule has 1 N–H and O–H groups in total. The first-order valence-electron chi connectivity index (χ1n) is 8.37. The van der Waals surface area contributed by atoms with Gasteiger partial charge in [0.15, 0.2) is 0 Å². The molecule has 0 radical (unpaired) electrons. The van der Waals surface area contributed by atoms with Crippen LogP contribution in [0, 0.1) is 30.9 Å². The van der Waals surface area contributed by atoms with Gasteiger partial charge in [0.25, 0.3) is 5.69 Å². The third kappa shape index (κ3) is 4.01. The monoisotopic (exact) mass is 342 g/mol. The van der Waals surface area contributed by atoms with E-state index < -0.39 is 4.92 Å². The molecule has 0 bridgehead atoms. The molecule has 0 amide bonds. The average Bonchev–Trinajstić information content (AvgIpc) is 2.54. The van der Waals surface area contributed by atoms with Crippen molar-refractivity contribution in [1.29, 1.82) is 0 Å². The van der Waals surface area contributed by atoms with E-state index >= 15 is 0 Å². The van der Waals surface area contributed by atoms with Crippen molar-refractivity contribution < 1.29 is 4.92 Å². The fraction of sp³-hybridized carbons (Fsp3) is 0.471. The standard InChI is InChI=1S/C17H22N6O2/c1-11-8-16(18-10-15(11)23(24)25)21-14-4-6-22(7-5-14)17-9-12(2)19-13(3)20-17/h8-10,14H,4-7H2,1-3H3,(H,18,21). The van der Waals surface area contributed by atoms with Crippen LogP contribution in [0.15, 0.2) is 18.3 Å². The van der Waals surface area contributed by atoms with Crippen LogP contribution in [0.25, 0.3) is 0 Å². The molecule has 2 aromatic rings. The molecule has 25 heavy (non-hydrogen) atoms. The predicted octanol–water partition coefficient (Wildman–Crippen LogP) is 2.79. The van der Waals surface area contributed by atoms with E-state index in [9.17, 15) is 10.1 Å². The number of nitrogens with zero attached hydrogens (tertiary/aromatic N) is 5. The summed E-state index contributed by atoms with van der Waals surface area (Å²) in [6.45, 7) is 7.43. The van der Waals surface area contributed by atoms with Gasteiger partial charge in [0.05, 0.1) is 4.92 Å². The fourth-order valence-corrected chi connectivity index (χ4v) is 3.14. The zero-order valence-corrected chi connectivity index (χ0v) is 14.7. The molecule has 0 aliphatic carbocycles. The molecule has 1 aliphatic rings. The molecular weight excluding hydrogens is 320 g/mol. The fourth-order valence-electron chi connectivity index (χ4n) is 3.14. The Labute approximate surface area is 146 Å². The molecule has 3 heterocycles. The van der Waals surface area contributed by atoms with Crippen molar-refractivity contribution in [1.82, 2.24) is 15.0 Å². The highest BCUT2D eigenvalue weighted by Gasteiger charge is 2.21. The Morgan fingerprint density at radius 1 is 1.20 bits per heavy atom. The Kier molecular flexibility index (Phi) is 4.78. The smallest absolute Gasteiger partial charge is 0.290 e. The number of hydrogen-bond donors (Lipinski definition) is 1. The van der Waals surface area contributed by atoms with Gasteiger partial charge in [0.1, 0.15) is 23.7 Å². The van der Waals surface area contributed by atoms with E-state index in [1.165, 1.54) is 6.20 Å². The van der Waals surface area contributed by atoms with E-state index in [1.807, 2.05) is 19.9 Å². The van der Waals surface area contributed by atoms with Crippen molar-refractivity contribution in [3.8, 4) is 0 Å². The van der Waals surface area contributed by atoms with Gasteiger partial charge in [-0.2, -0.15) is 0 Å². The van der Waals surface area contributed by atoms with Crippen LogP contribution in [-0.4, -0.2) is 39.0 Å². The number of piperidine rings is 1. The quantitative estimate of drug-likeness (QED) is 0.674. The summed E-state index contributed by atoms with van der Waals surface area (Å²) in [4.78, 5) is 25.7. The third-order valence-electron chi connectivity index (χ3n) is 4.40. The lowest BCUT2D eigenvalue weighted by molar-refractivity contribution is -0.385. The van der Waals surface area contributed by atoms with Crippen LogP contribution in [0.5, 0.6) is 0 Å². The SMILES string of the molecule is Cc1cc(N2CCC(Nc3cc(C)c([N+](=O)[O-])cn3)CC2)nc(C)n1. The maximum absolute atomic E-state index is 10.9. The van der Waals surface area contributed by atoms with Crippen molar-refractivity contribution >= 4 is 17.3 Å². The molecule has 0 spiro atoms. The summed E-state index contributed by atoms with van der Waals surface area (Å²) in [6.07, 6.45) is 3.23. The van der Waals surface area contributed by atoms with Gasteiger partial charge < -0.3 is 10.2 Å². The van der Waals surface area contributed by atoms with Crippen molar-refractivity contribution in [3.63, 3.8) is 0 Å². The Morgan fingerprint density at radius 2 is 1.92 bits per heavy atom. The summed E-state index contributed by atoms with van der Waals surface area (Å²) in [6, 6.07) is 4.05. The van der Waals surface area contributed by atoms with Crippen molar-refractivity contribution in [2.75, 3.05) is 23.3 Å². The molecule has 132 valence electrons. The zero-order valence-electron chi connectivity index (χ0n) is 14.7. The highest BCUT2D eigenvalue weighted by molar-refractivity contribution is 5.48. The van der Waals surface area contributed by atoms with E-state index in [2.05, 4.69) is 25.2 Å². The van der Waals surface area contributed by atoms with E-state index in [4.69, 9.17) is 0 Å². The largest absolute Gasteiger partial charge is 0.367 e. The first-order chi connectivity index (χ1) is 11.9. The van der Waals surface area contributed by atoms with Gasteiger partial charge in [-0.05, 0) is 39.7 Å². The molecular formula is C17H22N6O2. The first-order valence-corrected chi connectivity index (χ1v) is 8.37. The molecule has 0 atom stereocenters. The zero-order chi connectivity index (χ0) is 18.0. The first kappa shape index (κ1) is 17.1. The van der Waals surface area contributed by atoms with Crippen LogP contribution in [0.1, 0.15) is 29.9 Å². The van der Waals surface area contributed by atoms with Crippen molar-refractivity contribution in [2.24, 2.45) is 0 Å². The van der Waals surface area contributed by atoms with Crippen LogP contribution >= 0.6 is 0 Å². The Bertz CT molecular complexity index is 766. The van der Waals surface area contributed by atoms with Crippen LogP contribution in [0.3, 0.4) is 0 Å². The number of nitro groups is 1. The molecule has 1 aliphatic heterocycles. The van der Waals surface area contributed by atoms with Gasteiger partial charge in [-0.15, -0.1) is 0 Å². The summed E-state index contributed by atoms with van der Waals surface area (Å²) in [5, 5.41) is 14.3. The minimum Gasteiger partial charge on any atom is -0.367 e. The molecule has 1 fully saturated rings. The van der Waals surface area contributed by atoms with E-state index in [0.717, 1.165) is 43.3 Å². The normalized spacial score (nSPS) is 15.2. The number of aromatic nitrogens is 3. The number of pyridine rings is 1. The van der Waals surface area contributed by atoms with Crippen LogP contribution < -0.4 is 10.2 Å². The molecule has 8 heteroatoms. The molecule has 3 rings (SSSR count). The highest BCUT2D eigenvalue weighted by Crippen LogP contribution is 2.23. The highest BCUT2D eigenvalue weighted by atomic mass is 16.6. The number of rotatable bonds is 4. The van der Waals surface area contributed by atoms with Crippen molar-refractivity contribution in [2.45, 2.75) is 39.7 Å². The number of anilines is 2. The molecule has 0 aromatic carbocycles. The second-order valence-electron chi connectivity index (χ2n) is 6.43. The summed E-state index contributed by atoms with van der Waals surface area (Å²) in [5.74, 6) is 2.46. The van der Waals surface area contributed by atoms with E-state index in [1.54, 1.807) is 13.0 Å². The molecule has 0 saturated carbocycles. The van der Waals surface area contributed by atoms with Crippen LogP contribution in [0.4, 0.5) is 17.3 Å². The Morgan fingerprint density at radius 3 is 2.52 bits per heavy atom. The van der Waals surface area contributed by atoms with Gasteiger partial charge >= 0.3 is 0 Å². The summed E-state index contributed by atoms with van der Waals surface area (Å²) in [7, 11) is 0. The van der Waals surface area contributed by atoms with Gasteiger partial charge in [-0.1, -0.05) is 0 Å². The summed E-state index contributed by atoms with van der Waals surface area (Å²) >= 11 is 0. The minimum absolute atomic E-state index is 0.0508. The van der Waals surface area contributed by atoms with Gasteiger partial charge in [-0.3, -0.25) is 10.1 Å². The van der Waals surface area contributed by atoms with E-state index in [-0.39, 0.29) is 5.69 Å². The van der Waals surface area contributed by atoms with E-state index in [0.29, 0.717) is 17.4 Å². The lowest BCUT2D eigenvalue weighted by Crippen LogP contribution is -2.39. The second kappa shape index (κ2) is 7.00. The maximum atomic E-state index is 10.9. The van der Waals surface area contributed by atoms with Crippen LogP contribution in [0.2, 0.25) is 0 Å². The molecule has 8 nitrogen and oxygen atoms in total. The molecule has 1 saturated heterocycles. The number of nitrogens with one attached hydrogen (secondary N) is 1. The Hall–Kier alpha value is -2.77. The topological polar surface area (TPSA) is 97.1 Å². The average molecular weight is 342 g/mol. The lowest BCUT2D eigenvalue weighted by atomic mass is 10.0. The van der Waals surface area contributed by atoms with Crippen LogP contribution in [-0.2, 0) is 0 Å². The third-order valence-corrected chi connectivity index (χ3v) is 4.40. The molecule has 2 aromatic heterocycles. The maximum Gasteiger partial charge on any atom is 0.290 e. The number of aryl methyl sites for hydroxylation is 3. The minimum atomic E-state index is -0.406. The predicted molar refractivity (Wildman–Crippen MR) is 96.0 cm³/mol. The van der Waals surface area contributed by atoms with Gasteiger partial charge in [-0.25, -0.2) is 15.0 Å². The van der Waals surface area contributed by atoms with Gasteiger partial charge in [0.2, 0.25) is 0 Å². The van der Waals surface area contributed by atoms with Crippen molar-refractivity contribution in [3.05, 3.63) is 45.5 Å². The molecule has 0 unspecified atom stereocenters. The summed E-state index contributed by atoms with van der Waals surface area (Å²) < 4.78 is 0. The van der Waals surface area contributed by atoms with Gasteiger partial charge in [0, 0.05) is 36.5 Å². The lowest BCUT2D eigenvalue weighted by Gasteiger charge is -2.33.